The van der Waals surface area contributed by atoms with Gasteiger partial charge in [-0.1, -0.05) is 36.0 Å². The summed E-state index contributed by atoms with van der Waals surface area (Å²) in [7, 11) is 0. The molecule has 0 spiro atoms. The molecule has 1 heterocycles. The van der Waals surface area contributed by atoms with E-state index in [-0.39, 0.29) is 16.3 Å². The zero-order valence-electron chi connectivity index (χ0n) is 9.29. The zero-order valence-corrected chi connectivity index (χ0v) is 10.8. The van der Waals surface area contributed by atoms with E-state index in [1.165, 1.54) is 25.0 Å². The van der Waals surface area contributed by atoms with Crippen LogP contribution in [0.1, 0.15) is 36.0 Å². The van der Waals surface area contributed by atoms with Crippen molar-refractivity contribution < 1.29 is 9.53 Å². The molecule has 0 saturated heterocycles. The highest BCUT2D eigenvalue weighted by Crippen LogP contribution is 2.25. The molecule has 1 aromatic rings. The third-order valence-corrected chi connectivity index (χ3v) is 3.31. The SMILES string of the molecule is O=C(OCC1CCCC1)c1cc(Cl)nc(Cl)c1. The Morgan fingerprint density at radius 2 is 1.88 bits per heavy atom. The smallest absolute Gasteiger partial charge is 0.338 e. The van der Waals surface area contributed by atoms with Gasteiger partial charge in [-0.2, -0.15) is 0 Å². The average Bonchev–Trinajstić information content (AvgIpc) is 2.77. The van der Waals surface area contributed by atoms with Crippen LogP contribution in [0.3, 0.4) is 0 Å². The number of carbonyl (C=O) groups excluding carboxylic acids is 1. The van der Waals surface area contributed by atoms with Gasteiger partial charge in [-0.15, -0.1) is 0 Å². The van der Waals surface area contributed by atoms with E-state index >= 15 is 0 Å². The summed E-state index contributed by atoms with van der Waals surface area (Å²) in [6, 6.07) is 2.93. The fourth-order valence-electron chi connectivity index (χ4n) is 2.04. The number of pyridine rings is 1. The van der Waals surface area contributed by atoms with Crippen molar-refractivity contribution in [2.45, 2.75) is 25.7 Å². The quantitative estimate of drug-likeness (QED) is 0.622. The van der Waals surface area contributed by atoms with Crippen molar-refractivity contribution in [1.82, 2.24) is 4.98 Å². The van der Waals surface area contributed by atoms with E-state index in [0.29, 0.717) is 18.1 Å². The molecule has 0 radical (unpaired) electrons. The summed E-state index contributed by atoms with van der Waals surface area (Å²) in [6.45, 7) is 0.483. The minimum Gasteiger partial charge on any atom is -0.462 e. The highest BCUT2D eigenvalue weighted by atomic mass is 35.5. The molecule has 17 heavy (non-hydrogen) atoms. The molecule has 0 aromatic carbocycles. The molecular formula is C12H13Cl2NO2. The van der Waals surface area contributed by atoms with E-state index in [1.807, 2.05) is 0 Å². The number of hydrogen-bond acceptors (Lipinski definition) is 3. The maximum Gasteiger partial charge on any atom is 0.338 e. The maximum absolute atomic E-state index is 11.7. The molecule has 1 saturated carbocycles. The Labute approximate surface area is 110 Å². The Hall–Kier alpha value is -0.800. The number of ether oxygens (including phenoxy) is 1. The lowest BCUT2D eigenvalue weighted by atomic mass is 10.1. The molecule has 1 aliphatic rings. The fourth-order valence-corrected chi connectivity index (χ4v) is 2.50. The van der Waals surface area contributed by atoms with Crippen LogP contribution in [0.2, 0.25) is 10.3 Å². The minimum absolute atomic E-state index is 0.199. The molecule has 0 aliphatic heterocycles. The minimum atomic E-state index is -0.386. The summed E-state index contributed by atoms with van der Waals surface area (Å²) in [5.74, 6) is 0.120. The van der Waals surface area contributed by atoms with E-state index in [1.54, 1.807) is 0 Å². The van der Waals surface area contributed by atoms with Gasteiger partial charge in [0.1, 0.15) is 10.3 Å². The highest BCUT2D eigenvalue weighted by Gasteiger charge is 2.18. The molecule has 0 unspecified atom stereocenters. The Morgan fingerprint density at radius 3 is 2.47 bits per heavy atom. The topological polar surface area (TPSA) is 39.2 Å². The first-order chi connectivity index (χ1) is 8.15. The van der Waals surface area contributed by atoms with Gasteiger partial charge in [0.15, 0.2) is 0 Å². The lowest BCUT2D eigenvalue weighted by molar-refractivity contribution is 0.0442. The van der Waals surface area contributed by atoms with Gasteiger partial charge in [0.25, 0.3) is 0 Å². The Balaban J connectivity index is 1.94. The van der Waals surface area contributed by atoms with Crippen molar-refractivity contribution in [3.8, 4) is 0 Å². The second-order valence-corrected chi connectivity index (χ2v) is 5.02. The van der Waals surface area contributed by atoms with Gasteiger partial charge in [-0.05, 0) is 30.9 Å². The largest absolute Gasteiger partial charge is 0.462 e. The molecule has 0 atom stereocenters. The summed E-state index contributed by atoms with van der Waals surface area (Å²) >= 11 is 11.4. The second kappa shape index (κ2) is 5.69. The summed E-state index contributed by atoms with van der Waals surface area (Å²) in [4.78, 5) is 15.5. The lowest BCUT2D eigenvalue weighted by Crippen LogP contribution is -2.12. The third kappa shape index (κ3) is 3.58. The lowest BCUT2D eigenvalue weighted by Gasteiger charge is -2.10. The zero-order chi connectivity index (χ0) is 12.3. The average molecular weight is 274 g/mol. The van der Waals surface area contributed by atoms with Crippen molar-refractivity contribution in [2.24, 2.45) is 5.92 Å². The molecule has 3 nitrogen and oxygen atoms in total. The number of esters is 1. The van der Waals surface area contributed by atoms with E-state index in [0.717, 1.165) is 12.8 Å². The van der Waals surface area contributed by atoms with Gasteiger partial charge in [-0.3, -0.25) is 0 Å². The standard InChI is InChI=1S/C12H13Cl2NO2/c13-10-5-9(6-11(14)15-10)12(16)17-7-8-3-1-2-4-8/h5-6,8H,1-4,7H2. The maximum atomic E-state index is 11.7. The van der Waals surface area contributed by atoms with Gasteiger partial charge in [0, 0.05) is 0 Å². The second-order valence-electron chi connectivity index (χ2n) is 4.25. The molecule has 5 heteroatoms. The van der Waals surface area contributed by atoms with Crippen molar-refractivity contribution in [1.29, 1.82) is 0 Å². The van der Waals surface area contributed by atoms with Gasteiger partial charge in [0.05, 0.1) is 12.2 Å². The van der Waals surface area contributed by atoms with Crippen LogP contribution < -0.4 is 0 Å². The van der Waals surface area contributed by atoms with Crippen LogP contribution in [0, 0.1) is 5.92 Å². The highest BCUT2D eigenvalue weighted by molar-refractivity contribution is 6.32. The van der Waals surface area contributed by atoms with E-state index < -0.39 is 0 Å². The van der Waals surface area contributed by atoms with Crippen molar-refractivity contribution in [3.63, 3.8) is 0 Å². The number of halogens is 2. The molecule has 1 fully saturated rings. The molecule has 1 aromatic heterocycles. The normalized spacial score (nSPS) is 16.1. The Bertz CT molecular complexity index is 397. The van der Waals surface area contributed by atoms with Crippen LogP contribution >= 0.6 is 23.2 Å². The summed E-state index contributed by atoms with van der Waals surface area (Å²) in [5.41, 5.74) is 0.355. The summed E-state index contributed by atoms with van der Waals surface area (Å²) in [6.07, 6.45) is 4.75. The van der Waals surface area contributed by atoms with Gasteiger partial charge >= 0.3 is 5.97 Å². The number of hydrogen-bond donors (Lipinski definition) is 0. The summed E-state index contributed by atoms with van der Waals surface area (Å²) in [5, 5.41) is 0.399. The Kier molecular flexibility index (Phi) is 4.24. The van der Waals surface area contributed by atoms with E-state index in [2.05, 4.69) is 4.98 Å². The molecule has 92 valence electrons. The fraction of sp³-hybridized carbons (Fsp3) is 0.500. The van der Waals surface area contributed by atoms with Crippen LogP contribution in [0.5, 0.6) is 0 Å². The van der Waals surface area contributed by atoms with Crippen LogP contribution in [-0.4, -0.2) is 17.6 Å². The first kappa shape index (κ1) is 12.7. The first-order valence-corrected chi connectivity index (χ1v) is 6.41. The molecule has 2 rings (SSSR count). The molecule has 0 N–H and O–H groups in total. The monoisotopic (exact) mass is 273 g/mol. The van der Waals surface area contributed by atoms with Crippen molar-refractivity contribution in [2.75, 3.05) is 6.61 Å². The molecule has 0 bridgehead atoms. The molecule has 1 aliphatic carbocycles. The van der Waals surface area contributed by atoms with Gasteiger partial charge < -0.3 is 4.74 Å². The number of nitrogens with zero attached hydrogens (tertiary/aromatic N) is 1. The van der Waals surface area contributed by atoms with Crippen LogP contribution in [-0.2, 0) is 4.74 Å². The Morgan fingerprint density at radius 1 is 1.29 bits per heavy atom. The van der Waals surface area contributed by atoms with Crippen LogP contribution in [0.15, 0.2) is 12.1 Å². The van der Waals surface area contributed by atoms with Gasteiger partial charge in [0.2, 0.25) is 0 Å². The van der Waals surface area contributed by atoms with Gasteiger partial charge in [-0.25, -0.2) is 9.78 Å². The number of rotatable bonds is 3. The predicted molar refractivity (Wildman–Crippen MR) is 66.5 cm³/mol. The van der Waals surface area contributed by atoms with E-state index in [9.17, 15) is 4.79 Å². The third-order valence-electron chi connectivity index (χ3n) is 2.92. The first-order valence-electron chi connectivity index (χ1n) is 5.65. The molecular weight excluding hydrogens is 261 g/mol. The van der Waals surface area contributed by atoms with Crippen molar-refractivity contribution in [3.05, 3.63) is 28.0 Å². The number of carbonyl (C=O) groups is 1. The summed E-state index contributed by atoms with van der Waals surface area (Å²) < 4.78 is 5.24. The van der Waals surface area contributed by atoms with E-state index in [4.69, 9.17) is 27.9 Å². The molecule has 0 amide bonds. The van der Waals surface area contributed by atoms with Crippen molar-refractivity contribution >= 4 is 29.2 Å². The van der Waals surface area contributed by atoms with Crippen LogP contribution in [0.25, 0.3) is 0 Å². The number of aromatic nitrogens is 1. The van der Waals surface area contributed by atoms with Crippen LogP contribution in [0.4, 0.5) is 0 Å². The predicted octanol–water partition coefficient (Wildman–Crippen LogP) is 3.74.